The number of aryl methyl sites for hydroxylation is 1. The molecule has 0 bridgehead atoms. The molecule has 1 aromatic carbocycles. The summed E-state index contributed by atoms with van der Waals surface area (Å²) in [5.74, 6) is 0.831. The fourth-order valence-electron chi connectivity index (χ4n) is 2.43. The molecule has 124 valence electrons. The van der Waals surface area contributed by atoms with Crippen LogP contribution in [0.3, 0.4) is 0 Å². The number of aliphatic hydroxyl groups excluding tert-OH is 1. The van der Waals surface area contributed by atoms with Crippen molar-refractivity contribution in [2.24, 2.45) is 0 Å². The molecule has 3 rings (SSSR count). The molecule has 0 spiro atoms. The molecule has 2 aromatic heterocycles. The van der Waals surface area contributed by atoms with Gasteiger partial charge in [-0.25, -0.2) is 0 Å². The lowest BCUT2D eigenvalue weighted by Crippen LogP contribution is -2.11. The third-order valence-corrected chi connectivity index (χ3v) is 3.75. The smallest absolute Gasteiger partial charge is 0.150 e. The van der Waals surface area contributed by atoms with Crippen molar-refractivity contribution in [3.8, 4) is 22.5 Å². The monoisotopic (exact) mass is 323 g/mol. The van der Waals surface area contributed by atoms with Crippen molar-refractivity contribution >= 4 is 5.82 Å². The molecule has 0 saturated heterocycles. The van der Waals surface area contributed by atoms with E-state index in [1.165, 1.54) is 0 Å². The molecule has 0 radical (unpaired) electrons. The number of hydrogen-bond donors (Lipinski definition) is 1. The predicted octanol–water partition coefficient (Wildman–Crippen LogP) is 2.46. The molecular formula is C18H21N5O. The van der Waals surface area contributed by atoms with Gasteiger partial charge < -0.3 is 10.0 Å². The standard InChI is InChI=1S/C18H21N5O/c1-22(2)18-8-7-16(19-20-18)14-5-3-6-15(13-14)17-9-11-23(21-17)10-4-12-24/h3,5-9,11,13,24H,4,10,12H2,1-2H3. The van der Waals surface area contributed by atoms with Gasteiger partial charge in [-0.2, -0.15) is 5.10 Å². The van der Waals surface area contributed by atoms with Crippen LogP contribution in [0.5, 0.6) is 0 Å². The van der Waals surface area contributed by atoms with Crippen LogP contribution in [-0.4, -0.2) is 45.8 Å². The molecule has 0 aliphatic heterocycles. The fraction of sp³-hybridized carbons (Fsp3) is 0.278. The van der Waals surface area contributed by atoms with Crippen LogP contribution in [0.25, 0.3) is 22.5 Å². The van der Waals surface area contributed by atoms with Crippen LogP contribution in [0.4, 0.5) is 5.82 Å². The van der Waals surface area contributed by atoms with Gasteiger partial charge in [-0.1, -0.05) is 18.2 Å². The minimum Gasteiger partial charge on any atom is -0.396 e. The third kappa shape index (κ3) is 3.60. The van der Waals surface area contributed by atoms with Crippen molar-refractivity contribution in [2.45, 2.75) is 13.0 Å². The second kappa shape index (κ2) is 7.23. The van der Waals surface area contributed by atoms with E-state index in [0.29, 0.717) is 13.0 Å². The molecule has 6 heteroatoms. The lowest BCUT2D eigenvalue weighted by molar-refractivity contribution is 0.277. The van der Waals surface area contributed by atoms with Crippen LogP contribution >= 0.6 is 0 Å². The van der Waals surface area contributed by atoms with Gasteiger partial charge in [0.1, 0.15) is 0 Å². The topological polar surface area (TPSA) is 67.1 Å². The maximum absolute atomic E-state index is 8.91. The van der Waals surface area contributed by atoms with Crippen molar-refractivity contribution in [3.05, 3.63) is 48.7 Å². The van der Waals surface area contributed by atoms with E-state index in [1.807, 2.05) is 66.3 Å². The van der Waals surface area contributed by atoms with Crippen molar-refractivity contribution in [1.29, 1.82) is 0 Å². The van der Waals surface area contributed by atoms with Gasteiger partial charge in [-0.05, 0) is 30.7 Å². The summed E-state index contributed by atoms with van der Waals surface area (Å²) >= 11 is 0. The SMILES string of the molecule is CN(C)c1ccc(-c2cccc(-c3ccn(CCCO)n3)c2)nn1. The maximum Gasteiger partial charge on any atom is 0.150 e. The van der Waals surface area contributed by atoms with Crippen LogP contribution in [0.1, 0.15) is 6.42 Å². The zero-order chi connectivity index (χ0) is 16.9. The lowest BCUT2D eigenvalue weighted by atomic mass is 10.1. The zero-order valence-electron chi connectivity index (χ0n) is 13.9. The Hall–Kier alpha value is -2.73. The number of hydrogen-bond acceptors (Lipinski definition) is 5. The van der Waals surface area contributed by atoms with Crippen molar-refractivity contribution in [2.75, 3.05) is 25.6 Å². The minimum atomic E-state index is 0.173. The highest BCUT2D eigenvalue weighted by molar-refractivity contribution is 5.69. The van der Waals surface area contributed by atoms with Crippen molar-refractivity contribution in [3.63, 3.8) is 0 Å². The molecule has 24 heavy (non-hydrogen) atoms. The Bertz CT molecular complexity index is 795. The van der Waals surface area contributed by atoms with Crippen molar-refractivity contribution < 1.29 is 5.11 Å². The molecule has 0 saturated carbocycles. The first kappa shape index (κ1) is 16.1. The van der Waals surface area contributed by atoms with Gasteiger partial charge in [0, 0.05) is 44.6 Å². The van der Waals surface area contributed by atoms with Gasteiger partial charge in [-0.3, -0.25) is 4.68 Å². The summed E-state index contributed by atoms with van der Waals surface area (Å²) in [6.07, 6.45) is 2.64. The Morgan fingerprint density at radius 1 is 1.00 bits per heavy atom. The van der Waals surface area contributed by atoms with Crippen LogP contribution < -0.4 is 4.90 Å². The molecule has 2 heterocycles. The average molecular weight is 323 g/mol. The summed E-state index contributed by atoms with van der Waals surface area (Å²) in [5, 5.41) is 22.0. The summed E-state index contributed by atoms with van der Waals surface area (Å²) in [6.45, 7) is 0.889. The van der Waals surface area contributed by atoms with E-state index in [-0.39, 0.29) is 6.61 Å². The first-order valence-electron chi connectivity index (χ1n) is 7.93. The number of rotatable bonds is 6. The Morgan fingerprint density at radius 2 is 1.79 bits per heavy atom. The van der Waals surface area contributed by atoms with E-state index in [1.54, 1.807) is 0 Å². The molecule has 0 unspecified atom stereocenters. The fourth-order valence-corrected chi connectivity index (χ4v) is 2.43. The molecule has 0 aliphatic carbocycles. The van der Waals surface area contributed by atoms with E-state index in [9.17, 15) is 0 Å². The maximum atomic E-state index is 8.91. The largest absolute Gasteiger partial charge is 0.396 e. The number of aromatic nitrogens is 4. The quantitative estimate of drug-likeness (QED) is 0.755. The summed E-state index contributed by atoms with van der Waals surface area (Å²) in [7, 11) is 3.88. The normalized spacial score (nSPS) is 10.8. The molecule has 6 nitrogen and oxygen atoms in total. The molecule has 0 atom stereocenters. The Labute approximate surface area is 141 Å². The number of benzene rings is 1. The predicted molar refractivity (Wildman–Crippen MR) is 94.7 cm³/mol. The van der Waals surface area contributed by atoms with E-state index < -0.39 is 0 Å². The summed E-state index contributed by atoms with van der Waals surface area (Å²) in [4.78, 5) is 1.92. The van der Waals surface area contributed by atoms with Gasteiger partial charge >= 0.3 is 0 Å². The highest BCUT2D eigenvalue weighted by Gasteiger charge is 2.07. The van der Waals surface area contributed by atoms with Gasteiger partial charge in [0.25, 0.3) is 0 Å². The minimum absolute atomic E-state index is 0.173. The first-order chi connectivity index (χ1) is 11.7. The van der Waals surface area contributed by atoms with Crippen molar-refractivity contribution in [1.82, 2.24) is 20.0 Å². The Morgan fingerprint density at radius 3 is 2.46 bits per heavy atom. The molecule has 0 amide bonds. The van der Waals surface area contributed by atoms with E-state index in [4.69, 9.17) is 5.11 Å². The van der Waals surface area contributed by atoms with Crippen LogP contribution in [0.2, 0.25) is 0 Å². The zero-order valence-corrected chi connectivity index (χ0v) is 13.9. The van der Waals surface area contributed by atoms with Gasteiger partial charge in [0.05, 0.1) is 11.4 Å². The van der Waals surface area contributed by atoms with Crippen LogP contribution in [-0.2, 0) is 6.54 Å². The molecule has 0 aliphatic rings. The average Bonchev–Trinajstić information content (AvgIpc) is 3.09. The molecule has 1 N–H and O–H groups in total. The third-order valence-electron chi connectivity index (χ3n) is 3.75. The Kier molecular flexibility index (Phi) is 4.86. The van der Waals surface area contributed by atoms with Crippen LogP contribution in [0, 0.1) is 0 Å². The van der Waals surface area contributed by atoms with Gasteiger partial charge in [0.15, 0.2) is 5.82 Å². The summed E-state index contributed by atoms with van der Waals surface area (Å²) in [6, 6.07) is 14.0. The number of aliphatic hydroxyl groups is 1. The highest BCUT2D eigenvalue weighted by atomic mass is 16.3. The molecule has 0 fully saturated rings. The molecular weight excluding hydrogens is 302 g/mol. The second-order valence-electron chi connectivity index (χ2n) is 5.79. The van der Waals surface area contributed by atoms with Crippen LogP contribution in [0.15, 0.2) is 48.7 Å². The highest BCUT2D eigenvalue weighted by Crippen LogP contribution is 2.24. The van der Waals surface area contributed by atoms with Gasteiger partial charge in [-0.15, -0.1) is 10.2 Å². The van der Waals surface area contributed by atoms with E-state index in [0.717, 1.165) is 28.3 Å². The summed E-state index contributed by atoms with van der Waals surface area (Å²) in [5.41, 5.74) is 3.79. The van der Waals surface area contributed by atoms with Gasteiger partial charge in [0.2, 0.25) is 0 Å². The number of nitrogens with zero attached hydrogens (tertiary/aromatic N) is 5. The lowest BCUT2D eigenvalue weighted by Gasteiger charge is -2.10. The second-order valence-corrected chi connectivity index (χ2v) is 5.79. The van der Waals surface area contributed by atoms with E-state index in [2.05, 4.69) is 21.4 Å². The first-order valence-corrected chi connectivity index (χ1v) is 7.93. The molecule has 3 aromatic rings. The number of anilines is 1. The van der Waals surface area contributed by atoms with E-state index >= 15 is 0 Å². The Balaban J connectivity index is 1.84. The summed E-state index contributed by atoms with van der Waals surface area (Å²) < 4.78 is 1.85.